The highest BCUT2D eigenvalue weighted by Crippen LogP contribution is 2.68. The Morgan fingerprint density at radius 2 is 1.59 bits per heavy atom. The van der Waals surface area contributed by atoms with Crippen LogP contribution in [0.2, 0.25) is 0 Å². The fraction of sp³-hybridized carbons (Fsp3) is 0.893. The molecular formula is C28H44O6. The summed E-state index contributed by atoms with van der Waals surface area (Å²) in [5.74, 6) is 1.80. The minimum Gasteiger partial charge on any atom is -0.457 e. The minimum absolute atomic E-state index is 0.176. The number of carbonyl (C=O) groups is 3. The maximum atomic E-state index is 12.5. The molecule has 34 heavy (non-hydrogen) atoms. The second-order valence-electron chi connectivity index (χ2n) is 13.2. The first-order valence-electron chi connectivity index (χ1n) is 13.3. The number of esters is 2. The molecule has 0 saturated heterocycles. The molecule has 8 atom stereocenters. The molecule has 0 aromatic heterocycles. The van der Waals surface area contributed by atoms with E-state index in [1.807, 2.05) is 6.92 Å². The van der Waals surface area contributed by atoms with E-state index in [4.69, 9.17) is 9.47 Å². The van der Waals surface area contributed by atoms with Gasteiger partial charge in [-0.25, -0.2) is 9.59 Å². The fourth-order valence-corrected chi connectivity index (χ4v) is 8.78. The number of rotatable bonds is 5. The van der Waals surface area contributed by atoms with Crippen molar-refractivity contribution >= 4 is 17.7 Å². The molecule has 6 nitrogen and oxygen atoms in total. The fourth-order valence-electron chi connectivity index (χ4n) is 8.78. The van der Waals surface area contributed by atoms with E-state index < -0.39 is 29.7 Å². The van der Waals surface area contributed by atoms with Gasteiger partial charge in [0.15, 0.2) is 12.2 Å². The van der Waals surface area contributed by atoms with E-state index in [1.54, 1.807) is 6.92 Å². The average molecular weight is 477 g/mol. The maximum Gasteiger partial charge on any atom is 0.344 e. The first-order chi connectivity index (χ1) is 15.7. The molecular weight excluding hydrogens is 432 g/mol. The molecule has 0 aromatic carbocycles. The Balaban J connectivity index is 1.40. The van der Waals surface area contributed by atoms with Gasteiger partial charge in [0, 0.05) is 5.92 Å². The first kappa shape index (κ1) is 25.7. The highest BCUT2D eigenvalue weighted by molar-refractivity contribution is 5.81. The zero-order valence-corrected chi connectivity index (χ0v) is 21.9. The van der Waals surface area contributed by atoms with Crippen molar-refractivity contribution < 1.29 is 29.0 Å². The van der Waals surface area contributed by atoms with Crippen LogP contribution in [0.1, 0.15) is 99.3 Å². The molecule has 0 spiro atoms. The zero-order chi connectivity index (χ0) is 25.1. The van der Waals surface area contributed by atoms with Crippen LogP contribution in [0.3, 0.4) is 0 Å². The van der Waals surface area contributed by atoms with Crippen LogP contribution < -0.4 is 0 Å². The molecule has 4 aliphatic rings. The Morgan fingerprint density at radius 3 is 2.24 bits per heavy atom. The van der Waals surface area contributed by atoms with Gasteiger partial charge in [0.1, 0.15) is 11.4 Å². The zero-order valence-electron chi connectivity index (χ0n) is 21.9. The van der Waals surface area contributed by atoms with Gasteiger partial charge >= 0.3 is 11.9 Å². The number of ketones is 1. The van der Waals surface area contributed by atoms with Gasteiger partial charge in [-0.3, -0.25) is 4.79 Å². The van der Waals surface area contributed by atoms with Crippen molar-refractivity contribution in [3.63, 3.8) is 0 Å². The molecule has 0 amide bonds. The average Bonchev–Trinajstić information content (AvgIpc) is 3.09. The van der Waals surface area contributed by atoms with Crippen LogP contribution in [0.5, 0.6) is 0 Å². The third kappa shape index (κ3) is 4.33. The Hall–Kier alpha value is -1.43. The maximum absolute atomic E-state index is 12.5. The number of hydrogen-bond donors (Lipinski definition) is 1. The number of carbonyl (C=O) groups excluding carboxylic acids is 3. The van der Waals surface area contributed by atoms with Gasteiger partial charge in [0.05, 0.1) is 0 Å². The number of Topliss-reactive ketones (excluding diaryl/α,β-unsaturated/α-hetero) is 1. The summed E-state index contributed by atoms with van der Waals surface area (Å²) in [6.07, 6.45) is 9.67. The van der Waals surface area contributed by atoms with E-state index in [-0.39, 0.29) is 16.7 Å². The lowest BCUT2D eigenvalue weighted by molar-refractivity contribution is -0.189. The molecule has 4 fully saturated rings. The molecule has 192 valence electrons. The van der Waals surface area contributed by atoms with Crippen LogP contribution >= 0.6 is 0 Å². The topological polar surface area (TPSA) is 89.9 Å². The van der Waals surface area contributed by atoms with Crippen LogP contribution in [-0.4, -0.2) is 40.6 Å². The number of aliphatic hydroxyl groups is 1. The molecule has 0 aliphatic heterocycles. The number of ether oxygens (including phenoxy) is 2. The Morgan fingerprint density at radius 1 is 0.912 bits per heavy atom. The van der Waals surface area contributed by atoms with E-state index in [9.17, 15) is 19.5 Å². The Bertz CT molecular complexity index is 844. The lowest BCUT2D eigenvalue weighted by Crippen LogP contribution is -2.56. The molecule has 0 heterocycles. The minimum atomic E-state index is -1.63. The molecule has 0 unspecified atom stereocenters. The summed E-state index contributed by atoms with van der Waals surface area (Å²) in [6, 6.07) is 0. The lowest BCUT2D eigenvalue weighted by Gasteiger charge is -2.62. The third-order valence-corrected chi connectivity index (χ3v) is 10.6. The monoisotopic (exact) mass is 476 g/mol. The van der Waals surface area contributed by atoms with Gasteiger partial charge in [0.25, 0.3) is 0 Å². The van der Waals surface area contributed by atoms with Crippen LogP contribution in [0.4, 0.5) is 0 Å². The van der Waals surface area contributed by atoms with Crippen LogP contribution in [0, 0.1) is 40.4 Å². The molecule has 0 radical (unpaired) electrons. The van der Waals surface area contributed by atoms with Crippen molar-refractivity contribution in [2.75, 3.05) is 6.61 Å². The Labute approximate surface area is 204 Å². The Kier molecular flexibility index (Phi) is 6.49. The van der Waals surface area contributed by atoms with E-state index >= 15 is 0 Å². The summed E-state index contributed by atoms with van der Waals surface area (Å²) in [6.45, 7) is 10.9. The summed E-state index contributed by atoms with van der Waals surface area (Å²) >= 11 is 0. The van der Waals surface area contributed by atoms with E-state index in [0.29, 0.717) is 29.5 Å². The summed E-state index contributed by atoms with van der Waals surface area (Å²) in [5, 5.41) is 9.69. The normalized spacial score (nSPS) is 43.8. The van der Waals surface area contributed by atoms with Crippen molar-refractivity contribution in [3.05, 3.63) is 0 Å². The predicted octanol–water partition coefficient (Wildman–Crippen LogP) is 4.85. The molecule has 4 aliphatic carbocycles. The summed E-state index contributed by atoms with van der Waals surface area (Å²) in [5.41, 5.74) is -1.76. The quantitative estimate of drug-likeness (QED) is 0.571. The highest BCUT2D eigenvalue weighted by atomic mass is 16.6. The van der Waals surface area contributed by atoms with E-state index in [0.717, 1.165) is 38.5 Å². The van der Waals surface area contributed by atoms with Crippen molar-refractivity contribution in [3.8, 4) is 0 Å². The van der Waals surface area contributed by atoms with Gasteiger partial charge in [-0.15, -0.1) is 0 Å². The molecule has 0 aromatic rings. The van der Waals surface area contributed by atoms with Crippen molar-refractivity contribution in [1.29, 1.82) is 0 Å². The lowest BCUT2D eigenvalue weighted by atomic mass is 9.44. The van der Waals surface area contributed by atoms with Gasteiger partial charge in [-0.1, -0.05) is 13.8 Å². The second kappa shape index (κ2) is 8.60. The van der Waals surface area contributed by atoms with Crippen molar-refractivity contribution in [2.45, 2.75) is 111 Å². The standard InChI is InChI=1S/C28H44O6/c1-17(29)20-9-10-21-19-8-7-18-15-26(4,34-23(30)16-33-24(31)25(2,3)32)13-14-27(18,5)22(19)11-12-28(20,21)6/h18-22,32H,7-16H2,1-6H3/t18-,19-,20+,21-,22-,26+,27-,28+/m0/s1. The molecule has 6 heteroatoms. The first-order valence-corrected chi connectivity index (χ1v) is 13.3. The van der Waals surface area contributed by atoms with Gasteiger partial charge in [-0.05, 0) is 120 Å². The summed E-state index contributed by atoms with van der Waals surface area (Å²) < 4.78 is 10.8. The van der Waals surface area contributed by atoms with E-state index in [2.05, 4.69) is 13.8 Å². The number of fused-ring (bicyclic) bond motifs is 5. The van der Waals surface area contributed by atoms with Crippen molar-refractivity contribution in [2.24, 2.45) is 40.4 Å². The predicted molar refractivity (Wildman–Crippen MR) is 128 cm³/mol. The van der Waals surface area contributed by atoms with E-state index in [1.165, 1.54) is 33.1 Å². The molecule has 0 bridgehead atoms. The highest BCUT2D eigenvalue weighted by Gasteiger charge is 2.61. The molecule has 4 saturated carbocycles. The van der Waals surface area contributed by atoms with Gasteiger partial charge in [-0.2, -0.15) is 0 Å². The SMILES string of the molecule is CC(=O)[C@H]1CC[C@H]2[C@@H]3CC[C@H]4C[C@](C)(OC(=O)COC(=O)C(C)(C)O)CC[C@]4(C)[C@H]3CC[C@]12C. The van der Waals surface area contributed by atoms with Crippen molar-refractivity contribution in [1.82, 2.24) is 0 Å². The van der Waals surface area contributed by atoms with Gasteiger partial charge < -0.3 is 14.6 Å². The molecule has 1 N–H and O–H groups in total. The summed E-state index contributed by atoms with van der Waals surface area (Å²) in [7, 11) is 0. The third-order valence-electron chi connectivity index (χ3n) is 10.6. The number of hydrogen-bond acceptors (Lipinski definition) is 6. The van der Waals surface area contributed by atoms with Crippen LogP contribution in [0.15, 0.2) is 0 Å². The largest absolute Gasteiger partial charge is 0.457 e. The smallest absolute Gasteiger partial charge is 0.344 e. The van der Waals surface area contributed by atoms with Crippen LogP contribution in [-0.2, 0) is 23.9 Å². The van der Waals surface area contributed by atoms with Crippen LogP contribution in [0.25, 0.3) is 0 Å². The van der Waals surface area contributed by atoms with Gasteiger partial charge in [0.2, 0.25) is 0 Å². The second-order valence-corrected chi connectivity index (χ2v) is 13.2. The molecule has 4 rings (SSSR count). The summed E-state index contributed by atoms with van der Waals surface area (Å²) in [4.78, 5) is 36.6.